The largest absolute Gasteiger partial charge is 0.326 e. The van der Waals surface area contributed by atoms with Gasteiger partial charge in [-0.3, -0.25) is 0 Å². The van der Waals surface area contributed by atoms with Crippen molar-refractivity contribution in [1.29, 1.82) is 0 Å². The van der Waals surface area contributed by atoms with E-state index in [1.54, 1.807) is 12.1 Å². The summed E-state index contributed by atoms with van der Waals surface area (Å²) in [6.45, 7) is 4.40. The lowest BCUT2D eigenvalue weighted by molar-refractivity contribution is 0.615. The highest BCUT2D eigenvalue weighted by atomic mass is 19.1. The molecule has 2 rings (SSSR count). The third-order valence-corrected chi connectivity index (χ3v) is 2.85. The Morgan fingerprint density at radius 3 is 2.50 bits per heavy atom. The summed E-state index contributed by atoms with van der Waals surface area (Å²) < 4.78 is 15.6. The fourth-order valence-electron chi connectivity index (χ4n) is 2.04. The van der Waals surface area contributed by atoms with Crippen molar-refractivity contribution in [2.75, 3.05) is 0 Å². The minimum absolute atomic E-state index is 0.215. The number of hydrogen-bond donors (Lipinski definition) is 1. The van der Waals surface area contributed by atoms with Crippen molar-refractivity contribution in [2.24, 2.45) is 5.73 Å². The van der Waals surface area contributed by atoms with Crippen LogP contribution in [0.2, 0.25) is 0 Å². The van der Waals surface area contributed by atoms with Crippen molar-refractivity contribution in [3.63, 3.8) is 0 Å². The van der Waals surface area contributed by atoms with Crippen LogP contribution < -0.4 is 5.73 Å². The van der Waals surface area contributed by atoms with Gasteiger partial charge in [0.25, 0.3) is 0 Å². The standard InChI is InChI=1S/C13H15FN2/c1-9-7-11(8-15)10(2)16(9)13-6-4-3-5-12(13)14/h3-7H,8,15H2,1-2H3. The molecule has 1 aromatic heterocycles. The number of aryl methyl sites for hydroxylation is 1. The lowest BCUT2D eigenvalue weighted by Crippen LogP contribution is -2.03. The van der Waals surface area contributed by atoms with Gasteiger partial charge >= 0.3 is 0 Å². The number of halogens is 1. The molecule has 3 heteroatoms. The van der Waals surface area contributed by atoms with Crippen molar-refractivity contribution < 1.29 is 4.39 Å². The molecule has 1 heterocycles. The summed E-state index contributed by atoms with van der Waals surface area (Å²) in [6, 6.07) is 8.77. The van der Waals surface area contributed by atoms with Gasteiger partial charge in [0.1, 0.15) is 5.82 Å². The van der Waals surface area contributed by atoms with Crippen molar-refractivity contribution in [3.8, 4) is 5.69 Å². The molecule has 84 valence electrons. The maximum atomic E-state index is 13.7. The Morgan fingerprint density at radius 2 is 1.94 bits per heavy atom. The van der Waals surface area contributed by atoms with Crippen LogP contribution in [0.25, 0.3) is 5.69 Å². The molecule has 0 spiro atoms. The fraction of sp³-hybridized carbons (Fsp3) is 0.231. The van der Waals surface area contributed by atoms with E-state index in [2.05, 4.69) is 0 Å². The second-order valence-electron chi connectivity index (χ2n) is 3.89. The van der Waals surface area contributed by atoms with E-state index in [0.717, 1.165) is 17.0 Å². The highest BCUT2D eigenvalue weighted by Gasteiger charge is 2.11. The van der Waals surface area contributed by atoms with E-state index in [1.165, 1.54) is 6.07 Å². The van der Waals surface area contributed by atoms with Crippen LogP contribution in [-0.4, -0.2) is 4.57 Å². The number of aromatic nitrogens is 1. The Morgan fingerprint density at radius 1 is 1.25 bits per heavy atom. The minimum atomic E-state index is -0.215. The zero-order valence-electron chi connectivity index (χ0n) is 9.50. The van der Waals surface area contributed by atoms with Crippen LogP contribution in [0.5, 0.6) is 0 Å². The first-order valence-electron chi connectivity index (χ1n) is 5.28. The number of rotatable bonds is 2. The molecule has 1 aromatic carbocycles. The lowest BCUT2D eigenvalue weighted by Gasteiger charge is -2.10. The maximum Gasteiger partial charge on any atom is 0.147 e. The molecule has 0 saturated heterocycles. The van der Waals surface area contributed by atoms with Gasteiger partial charge in [-0.1, -0.05) is 12.1 Å². The number of benzene rings is 1. The molecule has 0 unspecified atom stereocenters. The number of hydrogen-bond acceptors (Lipinski definition) is 1. The Kier molecular flexibility index (Phi) is 2.79. The Hall–Kier alpha value is -1.61. The average molecular weight is 218 g/mol. The molecule has 0 bridgehead atoms. The summed E-state index contributed by atoms with van der Waals surface area (Å²) in [5.74, 6) is -0.215. The van der Waals surface area contributed by atoms with Crippen molar-refractivity contribution in [1.82, 2.24) is 4.57 Å². The van der Waals surface area contributed by atoms with Gasteiger partial charge in [-0.05, 0) is 37.6 Å². The van der Waals surface area contributed by atoms with Gasteiger partial charge in [0.15, 0.2) is 0 Å². The van der Waals surface area contributed by atoms with Gasteiger partial charge in [-0.15, -0.1) is 0 Å². The molecular formula is C13H15FN2. The maximum absolute atomic E-state index is 13.7. The predicted molar refractivity (Wildman–Crippen MR) is 63.1 cm³/mol. The SMILES string of the molecule is Cc1cc(CN)c(C)n1-c1ccccc1F. The van der Waals surface area contributed by atoms with E-state index < -0.39 is 0 Å². The molecule has 2 N–H and O–H groups in total. The lowest BCUT2D eigenvalue weighted by atomic mass is 10.2. The first-order valence-corrected chi connectivity index (χ1v) is 5.28. The molecule has 0 saturated carbocycles. The van der Waals surface area contributed by atoms with E-state index in [0.29, 0.717) is 12.2 Å². The van der Waals surface area contributed by atoms with Gasteiger partial charge < -0.3 is 10.3 Å². The summed E-state index contributed by atoms with van der Waals surface area (Å²) in [7, 11) is 0. The topological polar surface area (TPSA) is 30.9 Å². The molecule has 0 aliphatic rings. The number of para-hydroxylation sites is 1. The van der Waals surface area contributed by atoms with Crippen molar-refractivity contribution >= 4 is 0 Å². The molecule has 0 aliphatic carbocycles. The summed E-state index contributed by atoms with van der Waals surface area (Å²) in [4.78, 5) is 0. The van der Waals surface area contributed by atoms with Crippen LogP contribution >= 0.6 is 0 Å². The van der Waals surface area contributed by atoms with E-state index in [-0.39, 0.29) is 5.82 Å². The van der Waals surface area contributed by atoms with Crippen LogP contribution in [0.4, 0.5) is 4.39 Å². The molecule has 0 aliphatic heterocycles. The molecule has 2 aromatic rings. The van der Waals surface area contributed by atoms with Crippen LogP contribution in [0.3, 0.4) is 0 Å². The average Bonchev–Trinajstić information content (AvgIpc) is 2.55. The first-order chi connectivity index (χ1) is 7.65. The van der Waals surface area contributed by atoms with E-state index in [9.17, 15) is 4.39 Å². The van der Waals surface area contributed by atoms with Crippen LogP contribution in [0.1, 0.15) is 17.0 Å². The molecule has 0 amide bonds. The zero-order valence-corrected chi connectivity index (χ0v) is 9.50. The number of nitrogens with zero attached hydrogens (tertiary/aromatic N) is 1. The molecular weight excluding hydrogens is 203 g/mol. The molecule has 2 nitrogen and oxygen atoms in total. The van der Waals surface area contributed by atoms with Gasteiger partial charge in [0.05, 0.1) is 5.69 Å². The quantitative estimate of drug-likeness (QED) is 0.825. The number of nitrogens with two attached hydrogens (primary N) is 1. The third kappa shape index (κ3) is 1.63. The molecule has 0 fully saturated rings. The second kappa shape index (κ2) is 4.10. The minimum Gasteiger partial charge on any atom is -0.326 e. The second-order valence-corrected chi connectivity index (χ2v) is 3.89. The highest BCUT2D eigenvalue weighted by molar-refractivity contribution is 5.41. The summed E-state index contributed by atoms with van der Waals surface area (Å²) >= 11 is 0. The Balaban J connectivity index is 2.65. The first kappa shape index (κ1) is 10.9. The van der Waals surface area contributed by atoms with E-state index in [4.69, 9.17) is 5.73 Å². The van der Waals surface area contributed by atoms with Gasteiger partial charge in [-0.25, -0.2) is 4.39 Å². The monoisotopic (exact) mass is 218 g/mol. The smallest absolute Gasteiger partial charge is 0.147 e. The van der Waals surface area contributed by atoms with E-state index in [1.807, 2.05) is 30.5 Å². The molecule has 0 radical (unpaired) electrons. The van der Waals surface area contributed by atoms with Gasteiger partial charge in [0.2, 0.25) is 0 Å². The van der Waals surface area contributed by atoms with Crippen LogP contribution in [0.15, 0.2) is 30.3 Å². The Labute approximate surface area is 94.5 Å². The van der Waals surface area contributed by atoms with Crippen molar-refractivity contribution in [2.45, 2.75) is 20.4 Å². The van der Waals surface area contributed by atoms with Gasteiger partial charge in [0, 0.05) is 17.9 Å². The van der Waals surface area contributed by atoms with Crippen molar-refractivity contribution in [3.05, 3.63) is 53.1 Å². The normalized spacial score (nSPS) is 10.8. The zero-order chi connectivity index (χ0) is 11.7. The van der Waals surface area contributed by atoms with E-state index >= 15 is 0 Å². The summed E-state index contributed by atoms with van der Waals surface area (Å²) in [6.07, 6.45) is 0. The third-order valence-electron chi connectivity index (χ3n) is 2.85. The summed E-state index contributed by atoms with van der Waals surface area (Å²) in [5, 5.41) is 0. The fourth-order valence-corrected chi connectivity index (χ4v) is 2.04. The predicted octanol–water partition coefficient (Wildman–Crippen LogP) is 2.69. The Bertz CT molecular complexity index is 515. The molecule has 16 heavy (non-hydrogen) atoms. The van der Waals surface area contributed by atoms with Crippen LogP contribution in [-0.2, 0) is 6.54 Å². The molecule has 0 atom stereocenters. The van der Waals surface area contributed by atoms with Gasteiger partial charge in [-0.2, -0.15) is 0 Å². The summed E-state index contributed by atoms with van der Waals surface area (Å²) in [5.41, 5.74) is 9.29. The van der Waals surface area contributed by atoms with Crippen LogP contribution in [0, 0.1) is 19.7 Å². The highest BCUT2D eigenvalue weighted by Crippen LogP contribution is 2.22.